The van der Waals surface area contributed by atoms with Gasteiger partial charge >= 0.3 is 0 Å². The Morgan fingerprint density at radius 3 is 2.30 bits per heavy atom. The number of hydrogen-bond acceptors (Lipinski definition) is 4. The van der Waals surface area contributed by atoms with Crippen LogP contribution in [0.3, 0.4) is 0 Å². The van der Waals surface area contributed by atoms with Crippen molar-refractivity contribution in [2.24, 2.45) is 0 Å². The minimum Gasteiger partial charge on any atom is -0.375 e. The first kappa shape index (κ1) is 21.5. The molecule has 0 saturated carbocycles. The first-order valence-electron chi connectivity index (χ1n) is 8.46. The van der Waals surface area contributed by atoms with Crippen LogP contribution in [0.4, 0.5) is 25.8 Å². The molecule has 3 aromatic rings. The smallest absolute Gasteiger partial charge is 0.293 e. The van der Waals surface area contributed by atoms with E-state index in [1.54, 1.807) is 18.2 Å². The van der Waals surface area contributed by atoms with E-state index < -0.39 is 22.5 Å². The molecule has 3 aromatic carbocycles. The van der Waals surface area contributed by atoms with Gasteiger partial charge in [0.15, 0.2) is 0 Å². The first-order chi connectivity index (χ1) is 14.2. The van der Waals surface area contributed by atoms with Crippen molar-refractivity contribution in [3.05, 3.63) is 97.5 Å². The molecule has 0 aliphatic carbocycles. The van der Waals surface area contributed by atoms with E-state index in [1.807, 2.05) is 0 Å². The van der Waals surface area contributed by atoms with E-state index in [-0.39, 0.29) is 29.2 Å². The van der Waals surface area contributed by atoms with Crippen LogP contribution in [0, 0.1) is 21.7 Å². The Morgan fingerprint density at radius 2 is 1.67 bits per heavy atom. The third-order valence-electron chi connectivity index (χ3n) is 4.04. The number of carbonyl (C=O) groups is 1. The Labute approximate surface area is 179 Å². The summed E-state index contributed by atoms with van der Waals surface area (Å²) in [7, 11) is 0. The summed E-state index contributed by atoms with van der Waals surface area (Å²) in [5.41, 5.74) is 0.426. The van der Waals surface area contributed by atoms with Gasteiger partial charge in [-0.3, -0.25) is 14.9 Å². The summed E-state index contributed by atoms with van der Waals surface area (Å²) in [5.74, 6) is -2.48. The maximum atomic E-state index is 13.3. The van der Waals surface area contributed by atoms with Crippen molar-refractivity contribution in [2.75, 3.05) is 10.6 Å². The summed E-state index contributed by atoms with van der Waals surface area (Å²) in [4.78, 5) is 23.2. The summed E-state index contributed by atoms with van der Waals surface area (Å²) in [6.07, 6.45) is 0. The fraction of sp³-hybridized carbons (Fsp3) is 0.0500. The van der Waals surface area contributed by atoms with Gasteiger partial charge in [-0.2, -0.15) is 0 Å². The van der Waals surface area contributed by atoms with E-state index in [2.05, 4.69) is 10.6 Å². The Kier molecular flexibility index (Phi) is 6.49. The van der Waals surface area contributed by atoms with Crippen molar-refractivity contribution >= 4 is 46.2 Å². The zero-order valence-electron chi connectivity index (χ0n) is 15.1. The number of nitro groups is 1. The second-order valence-electron chi connectivity index (χ2n) is 6.20. The van der Waals surface area contributed by atoms with E-state index in [0.717, 1.165) is 23.8 Å². The fourth-order valence-corrected chi connectivity index (χ4v) is 2.97. The van der Waals surface area contributed by atoms with Crippen LogP contribution in [0.5, 0.6) is 0 Å². The third-order valence-corrected chi connectivity index (χ3v) is 4.78. The monoisotopic (exact) mass is 451 g/mol. The van der Waals surface area contributed by atoms with Crippen molar-refractivity contribution in [1.82, 2.24) is 0 Å². The maximum absolute atomic E-state index is 13.3. The fourth-order valence-electron chi connectivity index (χ4n) is 2.65. The van der Waals surface area contributed by atoms with Gasteiger partial charge in [-0.05, 0) is 42.0 Å². The average molecular weight is 452 g/mol. The number of anilines is 2. The predicted molar refractivity (Wildman–Crippen MR) is 111 cm³/mol. The molecule has 0 spiro atoms. The zero-order chi connectivity index (χ0) is 21.8. The van der Waals surface area contributed by atoms with Gasteiger partial charge in [-0.25, -0.2) is 8.78 Å². The number of nitrogens with zero attached hydrogens (tertiary/aromatic N) is 1. The van der Waals surface area contributed by atoms with Crippen LogP contribution < -0.4 is 10.6 Å². The molecule has 0 unspecified atom stereocenters. The van der Waals surface area contributed by atoms with Gasteiger partial charge in [0.2, 0.25) is 0 Å². The Bertz CT molecular complexity index is 1120. The summed E-state index contributed by atoms with van der Waals surface area (Å²) in [6, 6.07) is 11.3. The topological polar surface area (TPSA) is 84.3 Å². The van der Waals surface area contributed by atoms with Crippen molar-refractivity contribution in [3.8, 4) is 0 Å². The van der Waals surface area contributed by atoms with E-state index in [1.165, 1.54) is 12.1 Å². The molecule has 6 nitrogen and oxygen atoms in total. The van der Waals surface area contributed by atoms with Crippen LogP contribution in [0.2, 0.25) is 10.0 Å². The molecule has 0 aliphatic rings. The molecular weight excluding hydrogens is 439 g/mol. The van der Waals surface area contributed by atoms with Crippen LogP contribution in [0.15, 0.2) is 54.6 Å². The molecule has 0 radical (unpaired) electrons. The van der Waals surface area contributed by atoms with Crippen LogP contribution in [-0.2, 0) is 6.54 Å². The Hall–Kier alpha value is -3.23. The number of benzene rings is 3. The highest BCUT2D eigenvalue weighted by atomic mass is 35.5. The van der Waals surface area contributed by atoms with Gasteiger partial charge in [-0.15, -0.1) is 0 Å². The summed E-state index contributed by atoms with van der Waals surface area (Å²) < 4.78 is 26.5. The molecule has 0 heterocycles. The van der Waals surface area contributed by atoms with E-state index in [9.17, 15) is 23.7 Å². The van der Waals surface area contributed by atoms with Crippen LogP contribution in [0.25, 0.3) is 0 Å². The normalized spacial score (nSPS) is 10.5. The molecule has 0 fully saturated rings. The molecule has 0 saturated heterocycles. The van der Waals surface area contributed by atoms with Gasteiger partial charge in [0.25, 0.3) is 11.6 Å². The quantitative estimate of drug-likeness (QED) is 0.353. The third kappa shape index (κ3) is 5.22. The lowest BCUT2D eigenvalue weighted by Crippen LogP contribution is -2.13. The van der Waals surface area contributed by atoms with Crippen LogP contribution in [0.1, 0.15) is 15.9 Å². The SMILES string of the molecule is O=C(Nc1cc(F)cc(F)c1)c1ccc(NCc2ccc(Cl)c(Cl)c2)c([N+](=O)[O-])c1. The summed E-state index contributed by atoms with van der Waals surface area (Å²) in [6.45, 7) is 0.228. The summed E-state index contributed by atoms with van der Waals surface area (Å²) in [5, 5.41) is 17.4. The average Bonchev–Trinajstić information content (AvgIpc) is 2.67. The number of nitro benzene ring substituents is 1. The standard InChI is InChI=1S/C20H13Cl2F2N3O3/c21-16-3-1-11(5-17(16)22)10-25-18-4-2-12(6-19(18)27(29)30)20(28)26-15-8-13(23)7-14(24)9-15/h1-9,25H,10H2,(H,26,28). The minimum atomic E-state index is -0.863. The minimum absolute atomic E-state index is 0.0496. The van der Waals surface area contributed by atoms with Crippen LogP contribution >= 0.6 is 23.2 Å². The number of rotatable bonds is 6. The molecule has 0 atom stereocenters. The second kappa shape index (κ2) is 9.06. The predicted octanol–water partition coefficient (Wildman–Crippen LogP) is 6.04. The van der Waals surface area contributed by atoms with Gasteiger partial charge in [-0.1, -0.05) is 29.3 Å². The molecule has 30 heavy (non-hydrogen) atoms. The van der Waals surface area contributed by atoms with Crippen molar-refractivity contribution in [2.45, 2.75) is 6.54 Å². The van der Waals surface area contributed by atoms with E-state index in [0.29, 0.717) is 16.1 Å². The van der Waals surface area contributed by atoms with Gasteiger partial charge in [0.05, 0.1) is 15.0 Å². The molecule has 10 heteroatoms. The number of halogens is 4. The van der Waals surface area contributed by atoms with Crippen molar-refractivity contribution in [3.63, 3.8) is 0 Å². The highest BCUT2D eigenvalue weighted by Crippen LogP contribution is 2.28. The van der Waals surface area contributed by atoms with Crippen LogP contribution in [-0.4, -0.2) is 10.8 Å². The summed E-state index contributed by atoms with van der Waals surface area (Å²) >= 11 is 11.8. The largest absolute Gasteiger partial charge is 0.375 e. The number of amides is 1. The molecule has 0 aliphatic heterocycles. The first-order valence-corrected chi connectivity index (χ1v) is 9.22. The van der Waals surface area contributed by atoms with Gasteiger partial charge in [0.1, 0.15) is 17.3 Å². The Morgan fingerprint density at radius 1 is 0.967 bits per heavy atom. The van der Waals surface area contributed by atoms with Crippen molar-refractivity contribution < 1.29 is 18.5 Å². The molecule has 2 N–H and O–H groups in total. The number of nitrogens with one attached hydrogen (secondary N) is 2. The van der Waals surface area contributed by atoms with Gasteiger partial charge < -0.3 is 10.6 Å². The van der Waals surface area contributed by atoms with E-state index >= 15 is 0 Å². The molecule has 154 valence electrons. The van der Waals surface area contributed by atoms with Gasteiger partial charge in [0, 0.05) is 29.9 Å². The molecular formula is C20H13Cl2F2N3O3. The molecule has 3 rings (SSSR count). The molecule has 0 bridgehead atoms. The molecule has 0 aromatic heterocycles. The highest BCUT2D eigenvalue weighted by molar-refractivity contribution is 6.42. The lowest BCUT2D eigenvalue weighted by atomic mass is 10.1. The highest BCUT2D eigenvalue weighted by Gasteiger charge is 2.18. The molecule has 1 amide bonds. The van der Waals surface area contributed by atoms with Crippen molar-refractivity contribution in [1.29, 1.82) is 0 Å². The maximum Gasteiger partial charge on any atom is 0.293 e. The second-order valence-corrected chi connectivity index (χ2v) is 7.02. The number of carbonyl (C=O) groups excluding carboxylic acids is 1. The number of hydrogen-bond donors (Lipinski definition) is 2. The zero-order valence-corrected chi connectivity index (χ0v) is 16.6. The van der Waals surface area contributed by atoms with E-state index in [4.69, 9.17) is 23.2 Å². The lowest BCUT2D eigenvalue weighted by molar-refractivity contribution is -0.384. The lowest BCUT2D eigenvalue weighted by Gasteiger charge is -2.10. The Balaban J connectivity index is 1.79.